The summed E-state index contributed by atoms with van der Waals surface area (Å²) in [6.45, 7) is 11.2. The van der Waals surface area contributed by atoms with E-state index in [2.05, 4.69) is 44.1 Å². The molecule has 1 radical (unpaired) electrons. The van der Waals surface area contributed by atoms with Crippen LogP contribution in [0.15, 0.2) is 28.8 Å². The van der Waals surface area contributed by atoms with Gasteiger partial charge >= 0.3 is 0 Å². The minimum Gasteiger partial charge on any atom is -0.361 e. The van der Waals surface area contributed by atoms with Gasteiger partial charge in [0.25, 0.3) is 0 Å². The van der Waals surface area contributed by atoms with Crippen LogP contribution < -0.4 is 0 Å². The van der Waals surface area contributed by atoms with E-state index in [-0.39, 0.29) is 38.8 Å². The Morgan fingerprint density at radius 3 is 2.32 bits per heavy atom. The predicted molar refractivity (Wildman–Crippen MR) is 107 cm³/mol. The quantitative estimate of drug-likeness (QED) is 0.566. The first kappa shape index (κ1) is 23.4. The zero-order chi connectivity index (χ0) is 19.4. The molecule has 0 spiro atoms. The molecule has 28 heavy (non-hydrogen) atoms. The van der Waals surface area contributed by atoms with Crippen LogP contribution in [0.3, 0.4) is 0 Å². The van der Waals surface area contributed by atoms with E-state index in [1.807, 2.05) is 13.0 Å². The third-order valence-electron chi connectivity index (χ3n) is 6.28. The molecule has 0 aliphatic carbocycles. The van der Waals surface area contributed by atoms with E-state index in [9.17, 15) is 4.79 Å². The van der Waals surface area contributed by atoms with Gasteiger partial charge in [0, 0.05) is 51.6 Å². The number of rotatable bonds is 7. The molecule has 0 saturated carbocycles. The summed E-state index contributed by atoms with van der Waals surface area (Å²) in [5.74, 6) is 1.21. The summed E-state index contributed by atoms with van der Waals surface area (Å²) in [4.78, 5) is 13.5. The Morgan fingerprint density at radius 1 is 1.14 bits per heavy atom. The zero-order valence-electron chi connectivity index (χ0n) is 17.8. The molecule has 0 amide bonds. The van der Waals surface area contributed by atoms with Crippen LogP contribution in [0.2, 0.25) is 0 Å². The zero-order valence-corrected chi connectivity index (χ0v) is 20.7. The Hall–Kier alpha value is -0.836. The summed E-state index contributed by atoms with van der Waals surface area (Å²) in [5, 5.41) is 4.24. The molecule has 5 heteroatoms. The second kappa shape index (κ2) is 10.3. The van der Waals surface area contributed by atoms with E-state index in [0.717, 1.165) is 42.0 Å². The Bertz CT molecular complexity index is 773. The van der Waals surface area contributed by atoms with Crippen LogP contribution in [0.1, 0.15) is 60.8 Å². The van der Waals surface area contributed by atoms with Gasteiger partial charge in [0.1, 0.15) is 24.0 Å². The number of carbonyl (C=O) groups is 1. The second-order valence-corrected chi connectivity index (χ2v) is 8.25. The smallest absolute Gasteiger partial charge is 0.194 e. The average molecular weight is 458 g/mol. The topological polar surface area (TPSA) is 43.1 Å². The summed E-state index contributed by atoms with van der Waals surface area (Å²) >= 11 is 0. The SMILES string of the molecule is CCC(C(=O)Cc1c(C)cccc1C)[N+]1(Cc2cc(C)on2)CCCCC1.[Y]. The minimum absolute atomic E-state index is 0. The van der Waals surface area contributed by atoms with Gasteiger partial charge in [-0.1, -0.05) is 30.3 Å². The molecule has 1 fully saturated rings. The number of ketones is 1. The summed E-state index contributed by atoms with van der Waals surface area (Å²) in [5.41, 5.74) is 4.62. The third-order valence-corrected chi connectivity index (χ3v) is 6.28. The number of carbonyl (C=O) groups excluding carboxylic acids is 1. The first-order valence-electron chi connectivity index (χ1n) is 10.3. The number of hydrogen-bond donors (Lipinski definition) is 0. The Morgan fingerprint density at radius 2 is 1.79 bits per heavy atom. The van der Waals surface area contributed by atoms with Crippen LogP contribution in [0.4, 0.5) is 0 Å². The molecule has 1 aliphatic rings. The standard InChI is InChI=1S/C23H33N2O2.Y/c1-5-22(23(26)15-21-17(2)10-9-11-18(21)3)25(12-7-6-8-13-25)16-20-14-19(4)27-24-20;/h9-11,14,22H,5-8,12-13,15-16H2,1-4H3;/q+1;. The number of Topliss-reactive ketones (excluding diaryl/α,β-unsaturated/α-hetero) is 1. The van der Waals surface area contributed by atoms with Crippen molar-refractivity contribution in [3.63, 3.8) is 0 Å². The molecule has 1 atom stereocenters. The van der Waals surface area contributed by atoms with E-state index in [4.69, 9.17) is 4.52 Å². The van der Waals surface area contributed by atoms with Crippen LogP contribution >= 0.6 is 0 Å². The van der Waals surface area contributed by atoms with Crippen molar-refractivity contribution in [3.8, 4) is 0 Å². The maximum absolute atomic E-state index is 13.5. The van der Waals surface area contributed by atoms with E-state index in [1.165, 1.54) is 36.0 Å². The molecule has 0 bridgehead atoms. The van der Waals surface area contributed by atoms with Crippen molar-refractivity contribution in [2.75, 3.05) is 13.1 Å². The second-order valence-electron chi connectivity index (χ2n) is 8.25. The molecule has 3 rings (SSSR count). The number of quaternary nitrogens is 1. The van der Waals surface area contributed by atoms with Gasteiger partial charge in [-0.05, 0) is 56.7 Å². The Kier molecular flexibility index (Phi) is 8.60. The number of likely N-dealkylation sites (tertiary alicyclic amines) is 1. The van der Waals surface area contributed by atoms with E-state index in [0.29, 0.717) is 12.2 Å². The molecule has 1 unspecified atom stereocenters. The fraction of sp³-hybridized carbons (Fsp3) is 0.565. The van der Waals surface area contributed by atoms with Gasteiger partial charge in [0.2, 0.25) is 0 Å². The monoisotopic (exact) mass is 458 g/mol. The molecule has 0 N–H and O–H groups in total. The van der Waals surface area contributed by atoms with Crippen molar-refractivity contribution in [1.82, 2.24) is 5.16 Å². The van der Waals surface area contributed by atoms with Crippen molar-refractivity contribution in [3.05, 3.63) is 52.4 Å². The number of aryl methyl sites for hydroxylation is 3. The fourth-order valence-electron chi connectivity index (χ4n) is 4.88. The fourth-order valence-corrected chi connectivity index (χ4v) is 4.88. The van der Waals surface area contributed by atoms with Crippen molar-refractivity contribution >= 4 is 5.78 Å². The van der Waals surface area contributed by atoms with Gasteiger partial charge in [-0.3, -0.25) is 4.79 Å². The third kappa shape index (κ3) is 5.20. The number of piperidine rings is 1. The van der Waals surface area contributed by atoms with Gasteiger partial charge in [-0.2, -0.15) is 0 Å². The molecule has 2 aromatic rings. The Balaban J connectivity index is 0.00000280. The maximum Gasteiger partial charge on any atom is 0.194 e. The molecular weight excluding hydrogens is 425 g/mol. The van der Waals surface area contributed by atoms with Crippen LogP contribution in [0.25, 0.3) is 0 Å². The number of aromatic nitrogens is 1. The molecule has 149 valence electrons. The first-order valence-corrected chi connectivity index (χ1v) is 10.3. The molecule has 1 aliphatic heterocycles. The number of benzene rings is 1. The molecule has 1 aromatic carbocycles. The molecule has 1 aromatic heterocycles. The van der Waals surface area contributed by atoms with Gasteiger partial charge in [0.05, 0.1) is 13.1 Å². The summed E-state index contributed by atoms with van der Waals surface area (Å²) < 4.78 is 6.15. The van der Waals surface area contributed by atoms with Crippen LogP contribution in [0, 0.1) is 20.8 Å². The maximum atomic E-state index is 13.5. The molecule has 2 heterocycles. The van der Waals surface area contributed by atoms with Crippen molar-refractivity contribution in [2.45, 2.75) is 72.4 Å². The van der Waals surface area contributed by atoms with E-state index in [1.54, 1.807) is 0 Å². The van der Waals surface area contributed by atoms with Gasteiger partial charge in [-0.25, -0.2) is 0 Å². The van der Waals surface area contributed by atoms with Crippen LogP contribution in [0.5, 0.6) is 0 Å². The Labute approximate surface area is 194 Å². The number of hydrogen-bond acceptors (Lipinski definition) is 3. The molecular formula is C23H33N2O2Y+. The van der Waals surface area contributed by atoms with Gasteiger partial charge in [-0.15, -0.1) is 0 Å². The van der Waals surface area contributed by atoms with Crippen molar-refractivity contribution in [1.29, 1.82) is 0 Å². The first-order chi connectivity index (χ1) is 12.9. The van der Waals surface area contributed by atoms with Crippen LogP contribution in [-0.2, 0) is 50.5 Å². The van der Waals surface area contributed by atoms with Crippen molar-refractivity contribution < 1.29 is 46.5 Å². The molecule has 1 saturated heterocycles. The summed E-state index contributed by atoms with van der Waals surface area (Å²) in [6, 6.07) is 8.35. The predicted octanol–water partition coefficient (Wildman–Crippen LogP) is 4.69. The summed E-state index contributed by atoms with van der Waals surface area (Å²) in [6.07, 6.45) is 5.04. The normalized spacial score (nSPS) is 17.0. The van der Waals surface area contributed by atoms with Gasteiger partial charge < -0.3 is 9.01 Å². The number of nitrogens with zero attached hydrogens (tertiary/aromatic N) is 2. The van der Waals surface area contributed by atoms with E-state index >= 15 is 0 Å². The average Bonchev–Trinajstić information content (AvgIpc) is 3.04. The van der Waals surface area contributed by atoms with Gasteiger partial charge in [0.15, 0.2) is 5.78 Å². The summed E-state index contributed by atoms with van der Waals surface area (Å²) in [7, 11) is 0. The van der Waals surface area contributed by atoms with Crippen molar-refractivity contribution in [2.24, 2.45) is 0 Å². The largest absolute Gasteiger partial charge is 0.361 e. The minimum atomic E-state index is 0. The van der Waals surface area contributed by atoms with E-state index < -0.39 is 0 Å². The molecule has 4 nitrogen and oxygen atoms in total. The van der Waals surface area contributed by atoms with Crippen LogP contribution in [-0.4, -0.2) is 34.6 Å².